The Morgan fingerprint density at radius 2 is 2.39 bits per heavy atom. The molecular formula is C14H16ClNO2. The maximum Gasteiger partial charge on any atom is 0.227 e. The molecule has 4 heteroatoms. The summed E-state index contributed by atoms with van der Waals surface area (Å²) >= 11 is 5.83. The Kier molecular flexibility index (Phi) is 2.56. The fourth-order valence-electron chi connectivity index (χ4n) is 2.89. The second-order valence-corrected chi connectivity index (χ2v) is 6.20. The zero-order chi connectivity index (χ0) is 12.9. The van der Waals surface area contributed by atoms with Crippen molar-refractivity contribution < 1.29 is 9.90 Å². The third-order valence-electron chi connectivity index (χ3n) is 4.25. The van der Waals surface area contributed by atoms with E-state index in [-0.39, 0.29) is 11.7 Å². The molecule has 2 atom stereocenters. The van der Waals surface area contributed by atoms with E-state index in [9.17, 15) is 9.90 Å². The van der Waals surface area contributed by atoms with E-state index in [0.717, 1.165) is 18.7 Å². The predicted molar refractivity (Wildman–Crippen MR) is 69.6 cm³/mol. The highest BCUT2D eigenvalue weighted by Gasteiger charge is 2.56. The summed E-state index contributed by atoms with van der Waals surface area (Å²) < 4.78 is 0. The van der Waals surface area contributed by atoms with E-state index in [1.165, 1.54) is 12.5 Å². The lowest BCUT2D eigenvalue weighted by Gasteiger charge is -2.19. The third-order valence-corrected chi connectivity index (χ3v) is 4.55. The molecule has 18 heavy (non-hydrogen) atoms. The van der Waals surface area contributed by atoms with E-state index < -0.39 is 0 Å². The summed E-state index contributed by atoms with van der Waals surface area (Å²) in [6, 6.07) is 4.94. The van der Waals surface area contributed by atoms with E-state index in [0.29, 0.717) is 22.8 Å². The smallest absolute Gasteiger partial charge is 0.227 e. The van der Waals surface area contributed by atoms with Crippen LogP contribution in [0.3, 0.4) is 0 Å². The number of hydrogen-bond donors (Lipinski definition) is 1. The molecule has 1 aromatic rings. The second-order valence-electron chi connectivity index (χ2n) is 5.79. The second kappa shape index (κ2) is 3.89. The topological polar surface area (TPSA) is 40.5 Å². The largest absolute Gasteiger partial charge is 0.506 e. The highest BCUT2D eigenvalue weighted by molar-refractivity contribution is 6.32. The lowest BCUT2D eigenvalue weighted by molar-refractivity contribution is -0.130. The number of nitrogens with zero attached hydrogens (tertiary/aromatic N) is 1. The Morgan fingerprint density at radius 3 is 3.00 bits per heavy atom. The molecule has 1 N–H and O–H groups in total. The first-order valence-electron chi connectivity index (χ1n) is 6.23. The van der Waals surface area contributed by atoms with Crippen LogP contribution in [-0.4, -0.2) is 29.0 Å². The monoisotopic (exact) mass is 265 g/mol. The third kappa shape index (κ3) is 1.97. The molecule has 0 aromatic heterocycles. The summed E-state index contributed by atoms with van der Waals surface area (Å²) in [5, 5.41) is 9.64. The number of aromatic hydroxyl groups is 1. The minimum atomic E-state index is 0.0581. The molecule has 0 bridgehead atoms. The standard InChI is InChI=1S/C14H16ClNO2/c1-14-6-10(14)7-16(8-14)13(18)5-9-2-3-12(17)11(15)4-9/h2-4,10,17H,5-8H2,1H3. The molecule has 96 valence electrons. The number of carbonyl (C=O) groups is 1. The van der Waals surface area contributed by atoms with Gasteiger partial charge in [-0.3, -0.25) is 4.79 Å². The van der Waals surface area contributed by atoms with Gasteiger partial charge in [0.1, 0.15) is 5.75 Å². The van der Waals surface area contributed by atoms with Crippen LogP contribution < -0.4 is 0 Å². The molecule has 1 aliphatic heterocycles. The summed E-state index contributed by atoms with van der Waals surface area (Å²) in [6.45, 7) is 4.05. The zero-order valence-corrected chi connectivity index (χ0v) is 11.1. The Hall–Kier alpha value is -1.22. The van der Waals surface area contributed by atoms with Crippen molar-refractivity contribution in [2.24, 2.45) is 11.3 Å². The number of hydrogen-bond acceptors (Lipinski definition) is 2. The maximum absolute atomic E-state index is 12.1. The van der Waals surface area contributed by atoms with Gasteiger partial charge in [0.25, 0.3) is 0 Å². The van der Waals surface area contributed by atoms with E-state index in [2.05, 4.69) is 6.92 Å². The van der Waals surface area contributed by atoms with Crippen LogP contribution in [0.1, 0.15) is 18.9 Å². The zero-order valence-electron chi connectivity index (χ0n) is 10.3. The summed E-state index contributed by atoms with van der Waals surface area (Å²) in [6.07, 6.45) is 1.63. The van der Waals surface area contributed by atoms with E-state index in [4.69, 9.17) is 11.6 Å². The summed E-state index contributed by atoms with van der Waals surface area (Å²) in [5.41, 5.74) is 1.25. The average Bonchev–Trinajstić information content (AvgIpc) is 2.82. The SMILES string of the molecule is CC12CC1CN(C(=O)Cc1ccc(O)c(Cl)c1)C2. The number of benzene rings is 1. The Morgan fingerprint density at radius 1 is 1.61 bits per heavy atom. The minimum absolute atomic E-state index is 0.0581. The number of halogens is 1. The van der Waals surface area contributed by atoms with Gasteiger partial charge in [-0.15, -0.1) is 0 Å². The van der Waals surface area contributed by atoms with Crippen molar-refractivity contribution in [1.82, 2.24) is 4.90 Å². The summed E-state index contributed by atoms with van der Waals surface area (Å²) in [7, 11) is 0. The fourth-order valence-corrected chi connectivity index (χ4v) is 3.09. The number of likely N-dealkylation sites (tertiary alicyclic amines) is 1. The first kappa shape index (κ1) is 11.8. The van der Waals surface area contributed by atoms with Crippen molar-refractivity contribution in [3.8, 4) is 5.75 Å². The molecule has 2 unspecified atom stereocenters. The molecule has 1 aliphatic carbocycles. The Balaban J connectivity index is 1.66. The van der Waals surface area contributed by atoms with Crippen LogP contribution in [-0.2, 0) is 11.2 Å². The van der Waals surface area contributed by atoms with Crippen LogP contribution in [0, 0.1) is 11.3 Å². The van der Waals surface area contributed by atoms with Gasteiger partial charge in [-0.1, -0.05) is 24.6 Å². The number of piperidine rings is 1. The van der Waals surface area contributed by atoms with Crippen molar-refractivity contribution >= 4 is 17.5 Å². The molecule has 3 rings (SSSR count). The molecule has 1 saturated carbocycles. The van der Waals surface area contributed by atoms with Gasteiger partial charge in [-0.2, -0.15) is 0 Å². The quantitative estimate of drug-likeness (QED) is 0.892. The highest BCUT2D eigenvalue weighted by Crippen LogP contribution is 2.57. The lowest BCUT2D eigenvalue weighted by Crippen LogP contribution is -2.32. The first-order chi connectivity index (χ1) is 8.48. The Labute approximate surface area is 111 Å². The molecule has 2 aliphatic rings. The van der Waals surface area contributed by atoms with Crippen LogP contribution in [0.5, 0.6) is 5.75 Å². The van der Waals surface area contributed by atoms with E-state index in [1.54, 1.807) is 12.1 Å². The number of rotatable bonds is 2. The number of phenolic OH excluding ortho intramolecular Hbond substituents is 1. The van der Waals surface area contributed by atoms with Gasteiger partial charge in [0, 0.05) is 13.1 Å². The van der Waals surface area contributed by atoms with E-state index >= 15 is 0 Å². The normalized spacial score (nSPS) is 29.2. The lowest BCUT2D eigenvalue weighted by atomic mass is 10.1. The van der Waals surface area contributed by atoms with Gasteiger partial charge >= 0.3 is 0 Å². The molecule has 1 aromatic carbocycles. The summed E-state index contributed by atoms with van der Waals surface area (Å²) in [4.78, 5) is 14.1. The number of fused-ring (bicyclic) bond motifs is 1. The van der Waals surface area contributed by atoms with Crippen LogP contribution in [0.2, 0.25) is 5.02 Å². The maximum atomic E-state index is 12.1. The molecule has 0 spiro atoms. The molecule has 1 amide bonds. The van der Waals surface area contributed by atoms with Crippen molar-refractivity contribution in [3.63, 3.8) is 0 Å². The fraction of sp³-hybridized carbons (Fsp3) is 0.500. The first-order valence-corrected chi connectivity index (χ1v) is 6.61. The average molecular weight is 266 g/mol. The van der Waals surface area contributed by atoms with Gasteiger partial charge in [0.2, 0.25) is 5.91 Å². The van der Waals surface area contributed by atoms with Gasteiger partial charge < -0.3 is 10.0 Å². The van der Waals surface area contributed by atoms with Gasteiger partial charge in [-0.05, 0) is 35.4 Å². The Bertz CT molecular complexity index is 517. The van der Waals surface area contributed by atoms with Gasteiger partial charge in [0.05, 0.1) is 11.4 Å². The molecular weight excluding hydrogens is 250 g/mol. The van der Waals surface area contributed by atoms with Crippen LogP contribution >= 0.6 is 11.6 Å². The van der Waals surface area contributed by atoms with Gasteiger partial charge in [-0.25, -0.2) is 0 Å². The predicted octanol–water partition coefficient (Wildman–Crippen LogP) is 2.46. The van der Waals surface area contributed by atoms with Crippen molar-refractivity contribution in [1.29, 1.82) is 0 Å². The molecule has 0 radical (unpaired) electrons. The number of carbonyl (C=O) groups excluding carboxylic acids is 1. The number of phenols is 1. The molecule has 1 saturated heterocycles. The molecule has 3 nitrogen and oxygen atoms in total. The minimum Gasteiger partial charge on any atom is -0.506 e. The van der Waals surface area contributed by atoms with Crippen molar-refractivity contribution in [2.75, 3.05) is 13.1 Å². The number of amides is 1. The molecule has 1 heterocycles. The highest BCUT2D eigenvalue weighted by atomic mass is 35.5. The van der Waals surface area contributed by atoms with Gasteiger partial charge in [0.15, 0.2) is 0 Å². The van der Waals surface area contributed by atoms with Crippen LogP contribution in [0.4, 0.5) is 0 Å². The van der Waals surface area contributed by atoms with E-state index in [1.807, 2.05) is 4.90 Å². The van der Waals surface area contributed by atoms with Crippen molar-refractivity contribution in [2.45, 2.75) is 19.8 Å². The van der Waals surface area contributed by atoms with Crippen molar-refractivity contribution in [3.05, 3.63) is 28.8 Å². The van der Waals surface area contributed by atoms with Crippen LogP contribution in [0.25, 0.3) is 0 Å². The van der Waals surface area contributed by atoms with Crippen LogP contribution in [0.15, 0.2) is 18.2 Å². The molecule has 2 fully saturated rings. The summed E-state index contributed by atoms with van der Waals surface area (Å²) in [5.74, 6) is 0.929.